The normalized spacial score (nSPS) is 20.7. The van der Waals surface area contributed by atoms with Gasteiger partial charge in [-0.2, -0.15) is 0 Å². The second kappa shape index (κ2) is 6.27. The smallest absolute Gasteiger partial charge is 0.288 e. The number of nitrogens with zero attached hydrogens (tertiary/aromatic N) is 1. The molecule has 0 saturated heterocycles. The van der Waals surface area contributed by atoms with Crippen LogP contribution in [0, 0.1) is 0 Å². The SMILES string of the molecule is [2H]C([2H])([2H])[N+](CCc1c[nH]c2ccccc12)(COP(=O)([O-])ON)C([2H])([2H])[2H]. The molecule has 1 atom stereocenters. The van der Waals surface area contributed by atoms with Gasteiger partial charge in [0.25, 0.3) is 7.82 Å². The molecule has 0 spiro atoms. The summed E-state index contributed by atoms with van der Waals surface area (Å²) in [5, 5.41) is 0.812. The van der Waals surface area contributed by atoms with Crippen molar-refractivity contribution in [3.8, 4) is 0 Å². The summed E-state index contributed by atoms with van der Waals surface area (Å²) in [6, 6.07) is 7.25. The number of nitrogens with one attached hydrogen (secondary N) is 1. The molecule has 21 heavy (non-hydrogen) atoms. The lowest BCUT2D eigenvalue weighted by molar-refractivity contribution is -0.906. The molecule has 1 aromatic heterocycles. The van der Waals surface area contributed by atoms with E-state index in [2.05, 4.69) is 20.0 Å². The van der Waals surface area contributed by atoms with Crippen molar-refractivity contribution in [1.29, 1.82) is 0 Å². The zero-order valence-electron chi connectivity index (χ0n) is 17.1. The van der Waals surface area contributed by atoms with Gasteiger partial charge in [-0.05, 0) is 11.6 Å². The summed E-state index contributed by atoms with van der Waals surface area (Å²) in [5.74, 6) is 4.57. The van der Waals surface area contributed by atoms with Gasteiger partial charge < -0.3 is 14.4 Å². The van der Waals surface area contributed by atoms with Gasteiger partial charge in [-0.25, -0.2) is 10.5 Å². The quantitative estimate of drug-likeness (QED) is 0.345. The summed E-state index contributed by atoms with van der Waals surface area (Å²) >= 11 is 0. The van der Waals surface area contributed by atoms with E-state index in [0.29, 0.717) is 5.56 Å². The summed E-state index contributed by atoms with van der Waals surface area (Å²) < 4.78 is 64.4. The van der Waals surface area contributed by atoms with E-state index in [1.165, 1.54) is 0 Å². The van der Waals surface area contributed by atoms with Crippen molar-refractivity contribution in [1.82, 2.24) is 4.98 Å². The van der Waals surface area contributed by atoms with Crippen LogP contribution in [0.15, 0.2) is 30.5 Å². The van der Waals surface area contributed by atoms with Crippen molar-refractivity contribution in [2.75, 3.05) is 27.2 Å². The van der Waals surface area contributed by atoms with E-state index in [1.807, 2.05) is 18.2 Å². The Labute approximate surface area is 131 Å². The Balaban J connectivity index is 2.37. The van der Waals surface area contributed by atoms with E-state index in [1.54, 1.807) is 12.3 Å². The molecule has 0 radical (unpaired) electrons. The number of hydrogen-bond acceptors (Lipinski definition) is 5. The highest BCUT2D eigenvalue weighted by Gasteiger charge is 2.20. The number of hydrogen-bond donors (Lipinski definition) is 2. The monoisotopic (exact) mass is 319 g/mol. The number of aromatic nitrogens is 1. The fraction of sp³-hybridized carbons (Fsp3) is 0.385. The van der Waals surface area contributed by atoms with Crippen molar-refractivity contribution in [3.63, 3.8) is 0 Å². The molecule has 0 aliphatic heterocycles. The topological polar surface area (TPSA) is 100 Å². The molecule has 116 valence electrons. The van der Waals surface area contributed by atoms with Crippen LogP contribution >= 0.6 is 7.82 Å². The molecule has 1 heterocycles. The standard InChI is InChI=1S/C13H20N3O4P/c1-16(2,10-19-21(17,18)20-14)8-7-11-9-15-13-6-4-3-5-12(11)13/h3-6,9,15H,7-8,10,14H2,1-2H3/i1D3,2D3. The number of phosphoric ester groups is 1. The van der Waals surface area contributed by atoms with E-state index < -0.39 is 39.5 Å². The Morgan fingerprint density at radius 1 is 1.48 bits per heavy atom. The Hall–Kier alpha value is -1.21. The fourth-order valence-electron chi connectivity index (χ4n) is 1.91. The van der Waals surface area contributed by atoms with E-state index in [-0.39, 0.29) is 6.42 Å². The molecule has 1 unspecified atom stereocenters. The number of benzene rings is 1. The molecule has 2 rings (SSSR count). The lowest BCUT2D eigenvalue weighted by Crippen LogP contribution is -2.43. The minimum Gasteiger partial charge on any atom is -0.755 e. The average molecular weight is 319 g/mol. The van der Waals surface area contributed by atoms with Crippen LogP contribution < -0.4 is 10.8 Å². The number of nitrogens with two attached hydrogens (primary N) is 1. The molecule has 1 aromatic carbocycles. The van der Waals surface area contributed by atoms with Gasteiger partial charge in [0, 0.05) is 23.5 Å². The third-order valence-corrected chi connectivity index (χ3v) is 3.69. The number of quaternary nitrogens is 1. The average Bonchev–Trinajstić information content (AvgIpc) is 2.96. The van der Waals surface area contributed by atoms with E-state index in [9.17, 15) is 9.46 Å². The first-order valence-corrected chi connectivity index (χ1v) is 7.55. The summed E-state index contributed by atoms with van der Waals surface area (Å²) in [4.78, 5) is 14.4. The molecular weight excluding hydrogens is 293 g/mol. The second-order valence-electron chi connectivity index (χ2n) is 4.61. The summed E-state index contributed by atoms with van der Waals surface area (Å²) in [5.41, 5.74) is 1.51. The van der Waals surface area contributed by atoms with Crippen LogP contribution in [0.5, 0.6) is 0 Å². The van der Waals surface area contributed by atoms with Crippen LogP contribution in [0.4, 0.5) is 0 Å². The zero-order chi connectivity index (χ0) is 20.5. The van der Waals surface area contributed by atoms with Crippen LogP contribution in [0.1, 0.15) is 13.8 Å². The van der Waals surface area contributed by atoms with Crippen LogP contribution in [-0.2, 0) is 20.1 Å². The molecule has 3 N–H and O–H groups in total. The molecule has 0 aliphatic carbocycles. The predicted octanol–water partition coefficient (Wildman–Crippen LogP) is 1.12. The van der Waals surface area contributed by atoms with Crippen molar-refractivity contribution in [3.05, 3.63) is 36.0 Å². The van der Waals surface area contributed by atoms with Gasteiger partial charge in [0.2, 0.25) is 0 Å². The van der Waals surface area contributed by atoms with Crippen LogP contribution in [-0.4, -0.2) is 36.7 Å². The Kier molecular flexibility index (Phi) is 2.91. The highest BCUT2D eigenvalue weighted by Crippen LogP contribution is 2.36. The highest BCUT2D eigenvalue weighted by molar-refractivity contribution is 7.45. The third kappa shape index (κ3) is 4.38. The minimum absolute atomic E-state index is 0.0524. The van der Waals surface area contributed by atoms with Crippen molar-refractivity contribution in [2.24, 2.45) is 5.90 Å². The van der Waals surface area contributed by atoms with Gasteiger partial charge in [0.15, 0.2) is 6.73 Å². The van der Waals surface area contributed by atoms with Crippen molar-refractivity contribution < 1.29 is 31.3 Å². The van der Waals surface area contributed by atoms with Gasteiger partial charge in [0.05, 0.1) is 28.7 Å². The maximum Gasteiger partial charge on any atom is 0.288 e. The first kappa shape index (κ1) is 9.74. The van der Waals surface area contributed by atoms with Gasteiger partial charge >= 0.3 is 0 Å². The minimum atomic E-state index is -5.03. The van der Waals surface area contributed by atoms with Crippen LogP contribution in [0.3, 0.4) is 0 Å². The summed E-state index contributed by atoms with van der Waals surface area (Å²) in [6.45, 7) is -7.79. The van der Waals surface area contributed by atoms with E-state index >= 15 is 0 Å². The number of para-hydroxylation sites is 1. The van der Waals surface area contributed by atoms with E-state index in [0.717, 1.165) is 10.9 Å². The van der Waals surface area contributed by atoms with Gasteiger partial charge in [0.1, 0.15) is 0 Å². The van der Waals surface area contributed by atoms with Crippen molar-refractivity contribution >= 4 is 18.7 Å². The molecule has 0 amide bonds. The summed E-state index contributed by atoms with van der Waals surface area (Å²) in [6.07, 6.45) is 1.71. The van der Waals surface area contributed by atoms with Gasteiger partial charge in [-0.1, -0.05) is 18.2 Å². The van der Waals surface area contributed by atoms with Crippen LogP contribution in [0.2, 0.25) is 0 Å². The molecular formula is C13H20N3O4P. The number of phosphoric acid groups is 1. The Morgan fingerprint density at radius 2 is 2.24 bits per heavy atom. The van der Waals surface area contributed by atoms with Gasteiger partial charge in [-0.3, -0.25) is 9.09 Å². The highest BCUT2D eigenvalue weighted by atomic mass is 31.2. The number of aromatic amines is 1. The molecule has 2 aromatic rings. The van der Waals surface area contributed by atoms with Gasteiger partial charge in [-0.15, -0.1) is 0 Å². The number of fused-ring (bicyclic) bond motifs is 1. The molecule has 0 bridgehead atoms. The van der Waals surface area contributed by atoms with E-state index in [4.69, 9.17) is 8.22 Å². The Bertz CT molecular complexity index is 823. The fourth-order valence-corrected chi connectivity index (χ4v) is 2.31. The molecule has 7 nitrogen and oxygen atoms in total. The maximum absolute atomic E-state index is 11.4. The first-order chi connectivity index (χ1) is 12.3. The molecule has 8 heteroatoms. The number of likely N-dealkylation sites (N-methyl/N-ethyl adjacent to an activating group) is 1. The zero-order valence-corrected chi connectivity index (χ0v) is 12.0. The second-order valence-corrected chi connectivity index (χ2v) is 5.98. The van der Waals surface area contributed by atoms with Crippen molar-refractivity contribution in [2.45, 2.75) is 6.42 Å². The molecule has 0 saturated carbocycles. The lowest BCUT2D eigenvalue weighted by atomic mass is 10.1. The number of H-pyrrole nitrogens is 1. The summed E-state index contributed by atoms with van der Waals surface area (Å²) in [7, 11) is -5.03. The number of rotatable bonds is 7. The first-order valence-electron chi connectivity index (χ1n) is 9.09. The Morgan fingerprint density at radius 3 is 2.95 bits per heavy atom. The predicted molar refractivity (Wildman–Crippen MR) is 77.8 cm³/mol. The van der Waals surface area contributed by atoms with Crippen LogP contribution in [0.25, 0.3) is 10.9 Å². The molecule has 0 aliphatic rings. The largest absolute Gasteiger partial charge is 0.755 e. The maximum atomic E-state index is 11.4. The lowest BCUT2D eigenvalue weighted by Gasteiger charge is -2.31. The molecule has 0 fully saturated rings. The third-order valence-electron chi connectivity index (χ3n) is 3.00.